The van der Waals surface area contributed by atoms with Crippen molar-refractivity contribution in [2.24, 2.45) is 0 Å². The summed E-state index contributed by atoms with van der Waals surface area (Å²) in [5.74, 6) is 0. The van der Waals surface area contributed by atoms with Crippen molar-refractivity contribution in [2.75, 3.05) is 6.61 Å². The Balaban J connectivity index is 2.29. The van der Waals surface area contributed by atoms with Gasteiger partial charge < -0.3 is 9.72 Å². The standard InChI is InChI=1S/C14H13ClF3NO/c1-13(2)12-7(3-4-20-13)8-5-10(15)9(14(16,17)18)6-11(8)19-12/h5-6,19H,3-4H2,1-2H3. The third kappa shape index (κ3) is 2.00. The molecule has 3 rings (SSSR count). The average Bonchev–Trinajstić information content (AvgIpc) is 2.66. The molecular weight excluding hydrogens is 291 g/mol. The number of halogens is 4. The first-order valence-corrected chi connectivity index (χ1v) is 6.63. The predicted octanol–water partition coefficient (Wildman–Crippen LogP) is 4.65. The van der Waals surface area contributed by atoms with Crippen LogP contribution in [0, 0.1) is 0 Å². The van der Waals surface area contributed by atoms with Crippen molar-refractivity contribution >= 4 is 22.5 Å². The number of aromatic nitrogens is 1. The highest BCUT2D eigenvalue weighted by atomic mass is 35.5. The van der Waals surface area contributed by atoms with E-state index < -0.39 is 17.3 Å². The van der Waals surface area contributed by atoms with Crippen LogP contribution >= 0.6 is 11.6 Å². The van der Waals surface area contributed by atoms with Crippen LogP contribution in [0.5, 0.6) is 0 Å². The van der Waals surface area contributed by atoms with Gasteiger partial charge in [-0.15, -0.1) is 0 Å². The van der Waals surface area contributed by atoms with Crippen LogP contribution in [0.4, 0.5) is 13.2 Å². The highest BCUT2D eigenvalue weighted by Crippen LogP contribution is 2.41. The zero-order valence-corrected chi connectivity index (χ0v) is 11.7. The molecule has 2 aromatic rings. The molecule has 2 heterocycles. The second-order valence-corrected chi connectivity index (χ2v) is 5.87. The summed E-state index contributed by atoms with van der Waals surface area (Å²) in [7, 11) is 0. The van der Waals surface area contributed by atoms with Crippen molar-refractivity contribution in [2.45, 2.75) is 32.0 Å². The van der Waals surface area contributed by atoms with E-state index in [2.05, 4.69) is 4.98 Å². The Morgan fingerprint density at radius 3 is 2.65 bits per heavy atom. The SMILES string of the molecule is CC1(C)OCCc2c1[nH]c1cc(C(F)(F)F)c(Cl)cc21. The van der Waals surface area contributed by atoms with Gasteiger partial charge in [-0.2, -0.15) is 13.2 Å². The summed E-state index contributed by atoms with van der Waals surface area (Å²) < 4.78 is 44.3. The fourth-order valence-corrected chi connectivity index (χ4v) is 3.01. The first-order chi connectivity index (χ1) is 9.20. The lowest BCUT2D eigenvalue weighted by Crippen LogP contribution is -2.29. The number of hydrogen-bond donors (Lipinski definition) is 1. The molecule has 0 fully saturated rings. The third-order valence-electron chi connectivity index (χ3n) is 3.72. The molecule has 1 aromatic heterocycles. The average molecular weight is 304 g/mol. The maximum absolute atomic E-state index is 12.9. The zero-order chi connectivity index (χ0) is 14.7. The van der Waals surface area contributed by atoms with Crippen LogP contribution in [0.2, 0.25) is 5.02 Å². The molecule has 0 spiro atoms. The van der Waals surface area contributed by atoms with Crippen molar-refractivity contribution < 1.29 is 17.9 Å². The quantitative estimate of drug-likeness (QED) is 0.753. The van der Waals surface area contributed by atoms with Crippen molar-refractivity contribution in [3.8, 4) is 0 Å². The molecule has 1 N–H and O–H groups in total. The summed E-state index contributed by atoms with van der Waals surface area (Å²) >= 11 is 5.79. The molecule has 108 valence electrons. The summed E-state index contributed by atoms with van der Waals surface area (Å²) in [6.07, 6.45) is -3.79. The molecule has 1 aromatic carbocycles. The summed E-state index contributed by atoms with van der Waals surface area (Å²) in [5, 5.41) is 0.477. The van der Waals surface area contributed by atoms with Gasteiger partial charge in [0.1, 0.15) is 5.60 Å². The predicted molar refractivity (Wildman–Crippen MR) is 71.0 cm³/mol. The minimum absolute atomic E-state index is 0.268. The fraction of sp³-hybridized carbons (Fsp3) is 0.429. The van der Waals surface area contributed by atoms with Crippen LogP contribution in [-0.4, -0.2) is 11.6 Å². The van der Waals surface area contributed by atoms with Gasteiger partial charge in [-0.1, -0.05) is 11.6 Å². The largest absolute Gasteiger partial charge is 0.417 e. The Kier molecular flexibility index (Phi) is 2.86. The first kappa shape index (κ1) is 13.8. The smallest absolute Gasteiger partial charge is 0.369 e. The number of nitrogens with one attached hydrogen (secondary N) is 1. The first-order valence-electron chi connectivity index (χ1n) is 6.26. The molecule has 0 saturated heterocycles. The Bertz CT molecular complexity index is 688. The van der Waals surface area contributed by atoms with Crippen LogP contribution in [0.15, 0.2) is 12.1 Å². The highest BCUT2D eigenvalue weighted by molar-refractivity contribution is 6.32. The Morgan fingerprint density at radius 1 is 1.30 bits per heavy atom. The fourth-order valence-electron chi connectivity index (χ4n) is 2.74. The lowest BCUT2D eigenvalue weighted by atomic mass is 9.94. The van der Waals surface area contributed by atoms with Crippen molar-refractivity contribution in [3.63, 3.8) is 0 Å². The maximum Gasteiger partial charge on any atom is 0.417 e. The number of rotatable bonds is 0. The Labute approximate surface area is 118 Å². The number of alkyl halides is 3. The second kappa shape index (κ2) is 4.15. The number of fused-ring (bicyclic) bond motifs is 3. The number of ether oxygens (including phenoxy) is 1. The van der Waals surface area contributed by atoms with Crippen molar-refractivity contribution in [3.05, 3.63) is 34.0 Å². The van der Waals surface area contributed by atoms with Gasteiger partial charge in [0.2, 0.25) is 0 Å². The van der Waals surface area contributed by atoms with Crippen LogP contribution < -0.4 is 0 Å². The van der Waals surface area contributed by atoms with Gasteiger partial charge in [0.15, 0.2) is 0 Å². The topological polar surface area (TPSA) is 25.0 Å². The van der Waals surface area contributed by atoms with Crippen LogP contribution in [0.25, 0.3) is 10.9 Å². The minimum Gasteiger partial charge on any atom is -0.369 e. The Hall–Kier alpha value is -1.20. The van der Waals surface area contributed by atoms with Crippen LogP contribution in [-0.2, 0) is 22.9 Å². The molecular formula is C14H13ClF3NO. The zero-order valence-electron chi connectivity index (χ0n) is 11.0. The number of aromatic amines is 1. The Morgan fingerprint density at radius 2 is 2.00 bits per heavy atom. The van der Waals surface area contributed by atoms with E-state index in [1.54, 1.807) is 0 Å². The molecule has 1 aliphatic rings. The number of hydrogen-bond acceptors (Lipinski definition) is 1. The second-order valence-electron chi connectivity index (χ2n) is 5.46. The monoisotopic (exact) mass is 303 g/mol. The molecule has 0 aliphatic carbocycles. The lowest BCUT2D eigenvalue weighted by Gasteiger charge is -2.30. The number of benzene rings is 1. The van der Waals surface area contributed by atoms with E-state index in [4.69, 9.17) is 16.3 Å². The lowest BCUT2D eigenvalue weighted by molar-refractivity contribution is -0.137. The summed E-state index contributed by atoms with van der Waals surface area (Å²) in [5.41, 5.74) is 0.924. The summed E-state index contributed by atoms with van der Waals surface area (Å²) in [6, 6.07) is 2.47. The molecule has 0 radical (unpaired) electrons. The minimum atomic E-state index is -4.46. The van der Waals surface area contributed by atoms with Gasteiger partial charge in [-0.05, 0) is 38.0 Å². The van der Waals surface area contributed by atoms with E-state index in [1.165, 1.54) is 6.07 Å². The van der Waals surface area contributed by atoms with E-state index in [1.807, 2.05) is 13.8 Å². The molecule has 0 bridgehead atoms. The highest BCUT2D eigenvalue weighted by Gasteiger charge is 2.36. The van der Waals surface area contributed by atoms with Gasteiger partial charge in [0.25, 0.3) is 0 Å². The molecule has 6 heteroatoms. The van der Waals surface area contributed by atoms with Crippen LogP contribution in [0.3, 0.4) is 0 Å². The molecule has 0 saturated carbocycles. The normalized spacial score (nSPS) is 18.3. The molecule has 0 amide bonds. The number of H-pyrrole nitrogens is 1. The van der Waals surface area contributed by atoms with Gasteiger partial charge >= 0.3 is 6.18 Å². The van der Waals surface area contributed by atoms with Crippen molar-refractivity contribution in [1.29, 1.82) is 0 Å². The van der Waals surface area contributed by atoms with E-state index in [0.717, 1.165) is 22.7 Å². The van der Waals surface area contributed by atoms with Crippen molar-refractivity contribution in [1.82, 2.24) is 4.98 Å². The molecule has 2 nitrogen and oxygen atoms in total. The van der Waals surface area contributed by atoms with Gasteiger partial charge in [-0.3, -0.25) is 0 Å². The molecule has 20 heavy (non-hydrogen) atoms. The summed E-state index contributed by atoms with van der Waals surface area (Å²) in [6.45, 7) is 4.34. The van der Waals surface area contributed by atoms with E-state index in [-0.39, 0.29) is 5.02 Å². The van der Waals surface area contributed by atoms with Crippen LogP contribution in [0.1, 0.15) is 30.7 Å². The third-order valence-corrected chi connectivity index (χ3v) is 4.03. The van der Waals surface area contributed by atoms with E-state index in [9.17, 15) is 13.2 Å². The maximum atomic E-state index is 12.9. The van der Waals surface area contributed by atoms with E-state index in [0.29, 0.717) is 18.5 Å². The van der Waals surface area contributed by atoms with Gasteiger partial charge in [0, 0.05) is 10.9 Å². The molecule has 0 atom stereocenters. The summed E-state index contributed by atoms with van der Waals surface area (Å²) in [4.78, 5) is 3.06. The van der Waals surface area contributed by atoms with Gasteiger partial charge in [-0.25, -0.2) is 0 Å². The molecule has 1 aliphatic heterocycles. The van der Waals surface area contributed by atoms with E-state index >= 15 is 0 Å². The van der Waals surface area contributed by atoms with Gasteiger partial charge in [0.05, 0.1) is 22.9 Å². The molecule has 0 unspecified atom stereocenters.